The zero-order valence-electron chi connectivity index (χ0n) is 12.4. The fourth-order valence-electron chi connectivity index (χ4n) is 1.91. The highest BCUT2D eigenvalue weighted by Gasteiger charge is 2.14. The predicted molar refractivity (Wildman–Crippen MR) is 75.0 cm³/mol. The molecule has 0 spiro atoms. The molecular formula is C15H23N3O. The Balaban J connectivity index is 2.72. The highest BCUT2D eigenvalue weighted by atomic mass is 16.5. The molecule has 0 amide bonds. The molecule has 0 radical (unpaired) electrons. The average Bonchev–Trinajstić information content (AvgIpc) is 2.43. The van der Waals surface area contributed by atoms with Gasteiger partial charge in [0.15, 0.2) is 0 Å². The molecule has 0 saturated carbocycles. The molecule has 0 aliphatic heterocycles. The van der Waals surface area contributed by atoms with E-state index >= 15 is 0 Å². The first-order valence-corrected chi connectivity index (χ1v) is 7.00. The third-order valence-electron chi connectivity index (χ3n) is 3.53. The molecule has 19 heavy (non-hydrogen) atoms. The first-order chi connectivity index (χ1) is 9.13. The van der Waals surface area contributed by atoms with Crippen LogP contribution in [-0.2, 0) is 0 Å². The van der Waals surface area contributed by atoms with Crippen molar-refractivity contribution in [1.29, 1.82) is 5.26 Å². The number of hydrogen-bond acceptors (Lipinski definition) is 4. The van der Waals surface area contributed by atoms with Gasteiger partial charge in [-0.15, -0.1) is 5.10 Å². The van der Waals surface area contributed by atoms with Crippen molar-refractivity contribution in [3.05, 3.63) is 16.8 Å². The van der Waals surface area contributed by atoms with Crippen molar-refractivity contribution in [1.82, 2.24) is 10.2 Å². The molecule has 104 valence electrons. The molecule has 0 aliphatic rings. The van der Waals surface area contributed by atoms with Gasteiger partial charge in [-0.1, -0.05) is 33.1 Å². The summed E-state index contributed by atoms with van der Waals surface area (Å²) < 4.78 is 5.72. The molecule has 1 rings (SSSR count). The zero-order valence-corrected chi connectivity index (χ0v) is 12.4. The largest absolute Gasteiger partial charge is 0.475 e. The van der Waals surface area contributed by atoms with Crippen molar-refractivity contribution >= 4 is 0 Å². The van der Waals surface area contributed by atoms with Crippen LogP contribution in [0.1, 0.15) is 56.4 Å². The Morgan fingerprint density at radius 3 is 2.58 bits per heavy atom. The molecule has 1 aromatic heterocycles. The Hall–Kier alpha value is -1.63. The van der Waals surface area contributed by atoms with Crippen molar-refractivity contribution in [3.8, 4) is 11.9 Å². The highest BCUT2D eigenvalue weighted by Crippen LogP contribution is 2.21. The zero-order chi connectivity index (χ0) is 14.3. The highest BCUT2D eigenvalue weighted by molar-refractivity contribution is 5.44. The van der Waals surface area contributed by atoms with Crippen molar-refractivity contribution < 1.29 is 4.74 Å². The SMILES string of the molecule is CCCCC(CC)COc1nnc(C)c(C)c1C#N. The quantitative estimate of drug-likeness (QED) is 0.753. The van der Waals surface area contributed by atoms with Gasteiger partial charge >= 0.3 is 0 Å². The monoisotopic (exact) mass is 261 g/mol. The van der Waals surface area contributed by atoms with E-state index < -0.39 is 0 Å². The van der Waals surface area contributed by atoms with Crippen LogP contribution in [0, 0.1) is 31.1 Å². The van der Waals surface area contributed by atoms with Crippen LogP contribution in [0.15, 0.2) is 0 Å². The second-order valence-electron chi connectivity index (χ2n) is 4.93. The van der Waals surface area contributed by atoms with Crippen LogP contribution in [0.4, 0.5) is 0 Å². The Morgan fingerprint density at radius 1 is 1.26 bits per heavy atom. The summed E-state index contributed by atoms with van der Waals surface area (Å²) in [7, 11) is 0. The molecule has 4 nitrogen and oxygen atoms in total. The van der Waals surface area contributed by atoms with Crippen molar-refractivity contribution in [2.45, 2.75) is 53.4 Å². The second-order valence-corrected chi connectivity index (χ2v) is 4.93. The van der Waals surface area contributed by atoms with Gasteiger partial charge < -0.3 is 4.74 Å². The predicted octanol–water partition coefficient (Wildman–Crippen LogP) is 3.56. The number of hydrogen-bond donors (Lipinski definition) is 0. The van der Waals surface area contributed by atoms with Crippen LogP contribution in [0.25, 0.3) is 0 Å². The minimum absolute atomic E-state index is 0.376. The van der Waals surface area contributed by atoms with E-state index in [1.807, 2.05) is 13.8 Å². The fraction of sp³-hybridized carbons (Fsp3) is 0.667. The maximum Gasteiger partial charge on any atom is 0.251 e. The van der Waals surface area contributed by atoms with Crippen LogP contribution in [0.2, 0.25) is 0 Å². The van der Waals surface area contributed by atoms with Crippen molar-refractivity contribution in [2.75, 3.05) is 6.61 Å². The summed E-state index contributed by atoms with van der Waals surface area (Å²) in [5.41, 5.74) is 2.15. The lowest BCUT2D eigenvalue weighted by molar-refractivity contribution is 0.223. The Labute approximate surface area is 115 Å². The third kappa shape index (κ3) is 4.20. The van der Waals surface area contributed by atoms with Gasteiger partial charge in [0.2, 0.25) is 0 Å². The summed E-state index contributed by atoms with van der Waals surface area (Å²) in [5, 5.41) is 17.2. The second kappa shape index (κ2) is 7.73. The minimum atomic E-state index is 0.376. The number of aryl methyl sites for hydroxylation is 1. The van der Waals surface area contributed by atoms with E-state index in [1.54, 1.807) is 0 Å². The number of ether oxygens (including phenoxy) is 1. The summed E-state index contributed by atoms with van der Waals surface area (Å²) in [4.78, 5) is 0. The molecule has 0 aliphatic carbocycles. The van der Waals surface area contributed by atoms with E-state index in [4.69, 9.17) is 4.74 Å². The lowest BCUT2D eigenvalue weighted by Crippen LogP contribution is -2.13. The van der Waals surface area contributed by atoms with Gasteiger partial charge in [0, 0.05) is 0 Å². The lowest BCUT2D eigenvalue weighted by atomic mass is 10.0. The van der Waals surface area contributed by atoms with Gasteiger partial charge in [0.05, 0.1) is 12.3 Å². The molecule has 1 aromatic rings. The summed E-state index contributed by atoms with van der Waals surface area (Å²) in [6.45, 7) is 8.70. The first-order valence-electron chi connectivity index (χ1n) is 7.00. The molecule has 4 heteroatoms. The summed E-state index contributed by atoms with van der Waals surface area (Å²) >= 11 is 0. The van der Waals surface area contributed by atoms with Crippen LogP contribution >= 0.6 is 0 Å². The van der Waals surface area contributed by atoms with Gasteiger partial charge in [-0.2, -0.15) is 10.4 Å². The van der Waals surface area contributed by atoms with Crippen molar-refractivity contribution in [2.24, 2.45) is 5.92 Å². The fourth-order valence-corrected chi connectivity index (χ4v) is 1.91. The number of nitrogens with zero attached hydrogens (tertiary/aromatic N) is 3. The number of nitriles is 1. The molecule has 0 aromatic carbocycles. The first kappa shape index (κ1) is 15.4. The van der Waals surface area contributed by atoms with Crippen LogP contribution < -0.4 is 4.74 Å². The van der Waals surface area contributed by atoms with Gasteiger partial charge in [0.1, 0.15) is 11.6 Å². The van der Waals surface area contributed by atoms with Gasteiger partial charge in [0.25, 0.3) is 5.88 Å². The van der Waals surface area contributed by atoms with E-state index in [0.29, 0.717) is 24.0 Å². The summed E-state index contributed by atoms with van der Waals surface area (Å²) in [6.07, 6.45) is 4.66. The molecule has 1 heterocycles. The van der Waals surface area contributed by atoms with Crippen molar-refractivity contribution in [3.63, 3.8) is 0 Å². The van der Waals surface area contributed by atoms with Crippen LogP contribution in [0.5, 0.6) is 5.88 Å². The average molecular weight is 261 g/mol. The molecule has 0 fully saturated rings. The molecule has 0 N–H and O–H groups in total. The van der Waals surface area contributed by atoms with E-state index in [9.17, 15) is 5.26 Å². The molecular weight excluding hydrogens is 238 g/mol. The molecule has 0 saturated heterocycles. The normalized spacial score (nSPS) is 11.9. The van der Waals surface area contributed by atoms with Gasteiger partial charge in [-0.3, -0.25) is 0 Å². The standard InChI is InChI=1S/C15H23N3O/c1-5-7-8-13(6-2)10-19-15-14(9-16)11(3)12(4)17-18-15/h13H,5-8,10H2,1-4H3. The van der Waals surface area contributed by atoms with E-state index in [1.165, 1.54) is 12.8 Å². The van der Waals surface area contributed by atoms with Gasteiger partial charge in [-0.05, 0) is 31.7 Å². The number of rotatable bonds is 7. The third-order valence-corrected chi connectivity index (χ3v) is 3.53. The Bertz CT molecular complexity index is 451. The summed E-state index contributed by atoms with van der Waals surface area (Å²) in [5.74, 6) is 0.899. The molecule has 1 unspecified atom stereocenters. The molecule has 0 bridgehead atoms. The van der Waals surface area contributed by atoms with E-state index in [2.05, 4.69) is 30.1 Å². The Kier molecular flexibility index (Phi) is 6.27. The van der Waals surface area contributed by atoms with Crippen LogP contribution in [0.3, 0.4) is 0 Å². The topological polar surface area (TPSA) is 58.8 Å². The van der Waals surface area contributed by atoms with Gasteiger partial charge in [-0.25, -0.2) is 0 Å². The maximum atomic E-state index is 9.19. The maximum absolute atomic E-state index is 9.19. The smallest absolute Gasteiger partial charge is 0.251 e. The number of aromatic nitrogens is 2. The number of unbranched alkanes of at least 4 members (excludes halogenated alkanes) is 1. The minimum Gasteiger partial charge on any atom is -0.475 e. The summed E-state index contributed by atoms with van der Waals surface area (Å²) in [6, 6.07) is 2.16. The van der Waals surface area contributed by atoms with E-state index in [-0.39, 0.29) is 0 Å². The van der Waals surface area contributed by atoms with E-state index in [0.717, 1.165) is 24.1 Å². The van der Waals surface area contributed by atoms with Crippen LogP contribution in [-0.4, -0.2) is 16.8 Å². The lowest BCUT2D eigenvalue weighted by Gasteiger charge is -2.15. The molecule has 1 atom stereocenters. The Morgan fingerprint density at radius 2 is 2.00 bits per heavy atom.